The van der Waals surface area contributed by atoms with E-state index in [9.17, 15) is 4.79 Å². The molecule has 32 heavy (non-hydrogen) atoms. The lowest BCUT2D eigenvalue weighted by molar-refractivity contribution is -0.135. The number of nitrogens with zero attached hydrogens (tertiary/aromatic N) is 5. The van der Waals surface area contributed by atoms with Gasteiger partial charge in [-0.25, -0.2) is 9.67 Å². The van der Waals surface area contributed by atoms with Crippen molar-refractivity contribution in [3.63, 3.8) is 0 Å². The fourth-order valence-corrected chi connectivity index (χ4v) is 6.36. The number of carbonyl (C=O) groups excluding carboxylic acids is 1. The molecule has 2 aromatic heterocycles. The van der Waals surface area contributed by atoms with Gasteiger partial charge in [0.2, 0.25) is 5.91 Å². The van der Waals surface area contributed by atoms with Crippen LogP contribution in [-0.4, -0.2) is 52.3 Å². The summed E-state index contributed by atoms with van der Waals surface area (Å²) in [4.78, 5) is 23.3. The number of hydrogen-bond acceptors (Lipinski definition) is 7. The first kappa shape index (κ1) is 19.8. The van der Waals surface area contributed by atoms with Crippen LogP contribution in [0.3, 0.4) is 0 Å². The molecule has 0 aliphatic carbocycles. The zero-order valence-electron chi connectivity index (χ0n) is 18.1. The number of carbonyl (C=O) groups is 1. The Kier molecular flexibility index (Phi) is 4.87. The summed E-state index contributed by atoms with van der Waals surface area (Å²) in [6.45, 7) is 4.68. The summed E-state index contributed by atoms with van der Waals surface area (Å²) in [6, 6.07) is 8.22. The van der Waals surface area contributed by atoms with E-state index in [1.807, 2.05) is 28.2 Å². The Hall–Kier alpha value is -2.91. The molecule has 1 unspecified atom stereocenters. The van der Waals surface area contributed by atoms with Crippen LogP contribution >= 0.6 is 11.3 Å². The second-order valence-corrected chi connectivity index (χ2v) is 9.74. The van der Waals surface area contributed by atoms with E-state index in [4.69, 9.17) is 4.74 Å². The van der Waals surface area contributed by atoms with E-state index in [1.54, 1.807) is 13.4 Å². The Bertz CT molecular complexity index is 1150. The SMILES string of the molecule is COc1ccc(CN2Cn3ncnc3-c3c2sc2c3CCN(C(=O)C3CCNC3)C2)cc1. The normalized spacial score (nSPS) is 19.5. The van der Waals surface area contributed by atoms with Gasteiger partial charge in [-0.05, 0) is 42.6 Å². The summed E-state index contributed by atoms with van der Waals surface area (Å²) in [5, 5.41) is 9.03. The van der Waals surface area contributed by atoms with Crippen LogP contribution < -0.4 is 15.0 Å². The van der Waals surface area contributed by atoms with Crippen molar-refractivity contribution in [2.45, 2.75) is 32.6 Å². The van der Waals surface area contributed by atoms with Gasteiger partial charge in [-0.15, -0.1) is 11.3 Å². The molecule has 0 saturated carbocycles. The van der Waals surface area contributed by atoms with Crippen LogP contribution in [0.25, 0.3) is 11.4 Å². The predicted molar refractivity (Wildman–Crippen MR) is 123 cm³/mol. The molecular weight excluding hydrogens is 424 g/mol. The molecule has 3 aromatic rings. The summed E-state index contributed by atoms with van der Waals surface area (Å²) >= 11 is 1.81. The third-order valence-electron chi connectivity index (χ3n) is 6.72. The molecule has 166 valence electrons. The molecule has 1 aromatic carbocycles. The minimum atomic E-state index is 0.126. The molecule has 1 amide bonds. The van der Waals surface area contributed by atoms with Crippen LogP contribution in [0.15, 0.2) is 30.6 Å². The molecule has 0 bridgehead atoms. The van der Waals surface area contributed by atoms with Crippen LogP contribution in [0, 0.1) is 5.92 Å². The predicted octanol–water partition coefficient (Wildman–Crippen LogP) is 2.49. The molecule has 1 N–H and O–H groups in total. The van der Waals surface area contributed by atoms with E-state index in [2.05, 4.69) is 37.3 Å². The molecule has 0 radical (unpaired) electrons. The highest BCUT2D eigenvalue weighted by molar-refractivity contribution is 7.17. The number of aromatic nitrogens is 3. The van der Waals surface area contributed by atoms with E-state index in [-0.39, 0.29) is 5.92 Å². The van der Waals surface area contributed by atoms with Gasteiger partial charge in [0.05, 0.1) is 25.1 Å². The van der Waals surface area contributed by atoms with Gasteiger partial charge in [-0.3, -0.25) is 4.79 Å². The van der Waals surface area contributed by atoms with Crippen molar-refractivity contribution < 1.29 is 9.53 Å². The number of anilines is 1. The van der Waals surface area contributed by atoms with Crippen LogP contribution in [0.2, 0.25) is 0 Å². The minimum Gasteiger partial charge on any atom is -0.497 e. The van der Waals surface area contributed by atoms with Crippen molar-refractivity contribution in [3.8, 4) is 17.1 Å². The van der Waals surface area contributed by atoms with Crippen LogP contribution in [0.4, 0.5) is 5.00 Å². The topological polar surface area (TPSA) is 75.5 Å². The van der Waals surface area contributed by atoms with Gasteiger partial charge in [-0.2, -0.15) is 5.10 Å². The number of rotatable bonds is 4. The van der Waals surface area contributed by atoms with E-state index < -0.39 is 0 Å². The van der Waals surface area contributed by atoms with E-state index in [0.29, 0.717) is 19.1 Å². The van der Waals surface area contributed by atoms with Crippen molar-refractivity contribution >= 4 is 22.2 Å². The molecule has 0 spiro atoms. The fraction of sp³-hybridized carbons (Fsp3) is 0.435. The van der Waals surface area contributed by atoms with Gasteiger partial charge < -0.3 is 19.9 Å². The maximum atomic E-state index is 13.0. The van der Waals surface area contributed by atoms with Crippen molar-refractivity contribution in [2.75, 3.05) is 31.6 Å². The maximum Gasteiger partial charge on any atom is 0.227 e. The Labute approximate surface area is 190 Å². The number of ether oxygens (including phenoxy) is 1. The van der Waals surface area contributed by atoms with E-state index in [1.165, 1.54) is 26.6 Å². The Morgan fingerprint density at radius 2 is 2.19 bits per heavy atom. The highest BCUT2D eigenvalue weighted by Gasteiger charge is 2.35. The van der Waals surface area contributed by atoms with Gasteiger partial charge in [0.25, 0.3) is 0 Å². The molecule has 1 fully saturated rings. The summed E-state index contributed by atoms with van der Waals surface area (Å²) in [7, 11) is 1.69. The molecule has 3 aliphatic rings. The molecule has 8 nitrogen and oxygen atoms in total. The number of methoxy groups -OCH3 is 1. The maximum absolute atomic E-state index is 13.0. The number of fused-ring (bicyclic) bond motifs is 5. The average molecular weight is 451 g/mol. The first-order chi connectivity index (χ1) is 15.7. The number of nitrogens with one attached hydrogen (secondary N) is 1. The zero-order chi connectivity index (χ0) is 21.7. The molecular formula is C23H26N6O2S. The third-order valence-corrected chi connectivity index (χ3v) is 8.00. The summed E-state index contributed by atoms with van der Waals surface area (Å²) < 4.78 is 7.29. The molecule has 3 aliphatic heterocycles. The number of thiophene rings is 1. The Balaban J connectivity index is 1.32. The van der Waals surface area contributed by atoms with Gasteiger partial charge in [0.1, 0.15) is 23.7 Å². The van der Waals surface area contributed by atoms with Gasteiger partial charge >= 0.3 is 0 Å². The lowest BCUT2D eigenvalue weighted by atomic mass is 9.99. The number of amides is 1. The Morgan fingerprint density at radius 3 is 2.97 bits per heavy atom. The summed E-state index contributed by atoms with van der Waals surface area (Å²) in [5.74, 6) is 2.23. The second-order valence-electron chi connectivity index (χ2n) is 8.65. The van der Waals surface area contributed by atoms with Crippen molar-refractivity contribution in [3.05, 3.63) is 46.6 Å². The van der Waals surface area contributed by atoms with Crippen molar-refractivity contribution in [1.29, 1.82) is 0 Å². The van der Waals surface area contributed by atoms with Gasteiger partial charge in [0, 0.05) is 24.5 Å². The highest BCUT2D eigenvalue weighted by atomic mass is 32.1. The summed E-state index contributed by atoms with van der Waals surface area (Å²) in [6.07, 6.45) is 3.46. The lowest BCUT2D eigenvalue weighted by Crippen LogP contribution is -2.40. The van der Waals surface area contributed by atoms with Crippen LogP contribution in [0.1, 0.15) is 22.4 Å². The third kappa shape index (κ3) is 3.27. The first-order valence-electron chi connectivity index (χ1n) is 11.1. The lowest BCUT2D eigenvalue weighted by Gasteiger charge is -2.30. The molecule has 9 heteroatoms. The average Bonchev–Trinajstić information content (AvgIpc) is 3.57. The standard InChI is InChI=1S/C23H26N6O2S/c1-31-17-4-2-15(3-5-17)11-28-14-29-21(25-13-26-29)20-18-7-9-27(12-19(18)32-23(20)28)22(30)16-6-8-24-10-16/h2-5,13,16,24H,6-12,14H2,1H3. The smallest absolute Gasteiger partial charge is 0.227 e. The number of benzene rings is 1. The largest absolute Gasteiger partial charge is 0.497 e. The van der Waals surface area contributed by atoms with Crippen molar-refractivity contribution in [1.82, 2.24) is 25.0 Å². The van der Waals surface area contributed by atoms with Crippen molar-refractivity contribution in [2.24, 2.45) is 5.92 Å². The molecule has 5 heterocycles. The first-order valence-corrected chi connectivity index (χ1v) is 11.9. The van der Waals surface area contributed by atoms with E-state index >= 15 is 0 Å². The second kappa shape index (κ2) is 7.90. The van der Waals surface area contributed by atoms with E-state index in [0.717, 1.165) is 50.6 Å². The summed E-state index contributed by atoms with van der Waals surface area (Å²) in [5.41, 5.74) is 3.77. The fourth-order valence-electron chi connectivity index (χ4n) is 5.01. The molecule has 1 saturated heterocycles. The molecule has 6 rings (SSSR count). The highest BCUT2D eigenvalue weighted by Crippen LogP contribution is 2.47. The minimum absolute atomic E-state index is 0.126. The van der Waals surface area contributed by atoms with Gasteiger partial charge in [-0.1, -0.05) is 12.1 Å². The monoisotopic (exact) mass is 450 g/mol. The zero-order valence-corrected chi connectivity index (χ0v) is 18.9. The van der Waals surface area contributed by atoms with Crippen LogP contribution in [0.5, 0.6) is 5.75 Å². The molecule has 1 atom stereocenters. The van der Waals surface area contributed by atoms with Crippen LogP contribution in [-0.2, 0) is 31.0 Å². The Morgan fingerprint density at radius 1 is 1.31 bits per heavy atom. The quantitative estimate of drug-likeness (QED) is 0.658. The number of hydrogen-bond donors (Lipinski definition) is 1. The van der Waals surface area contributed by atoms with Gasteiger partial charge in [0.15, 0.2) is 5.82 Å².